The van der Waals surface area contributed by atoms with Crippen molar-refractivity contribution >= 4 is 15.8 Å². The van der Waals surface area contributed by atoms with E-state index in [2.05, 4.69) is 39.5 Å². The molecule has 1 N–H and O–H groups in total. The highest BCUT2D eigenvalue weighted by atomic mass is 32.2. The number of likely N-dealkylation sites (tertiary alicyclic amines) is 1. The van der Waals surface area contributed by atoms with Crippen LogP contribution in [0.1, 0.15) is 24.4 Å². The van der Waals surface area contributed by atoms with Crippen LogP contribution in [0.25, 0.3) is 0 Å². The molecule has 0 saturated carbocycles. The number of hydrogen-bond donors (Lipinski definition) is 1. The van der Waals surface area contributed by atoms with Crippen molar-refractivity contribution in [2.75, 3.05) is 51.3 Å². The molecule has 29 heavy (non-hydrogen) atoms. The highest BCUT2D eigenvalue weighted by Crippen LogP contribution is 2.25. The van der Waals surface area contributed by atoms with Crippen LogP contribution in [-0.4, -0.2) is 68.5 Å². The number of pyridine rings is 1. The minimum atomic E-state index is -3.51. The molecule has 3 heterocycles. The molecule has 1 aromatic carbocycles. The summed E-state index contributed by atoms with van der Waals surface area (Å²) in [6, 6.07) is 14.2. The third-order valence-electron chi connectivity index (χ3n) is 5.59. The third-order valence-corrected chi connectivity index (χ3v) is 7.47. The summed E-state index contributed by atoms with van der Waals surface area (Å²) < 4.78 is 32.2. The average Bonchev–Trinajstić information content (AvgIpc) is 3.30. The maximum Gasteiger partial charge on any atom is 0.244 e. The van der Waals surface area contributed by atoms with Crippen molar-refractivity contribution in [2.45, 2.75) is 23.8 Å². The molecule has 0 bridgehead atoms. The average molecular weight is 417 g/mol. The molecular formula is C21H28N4O3S. The van der Waals surface area contributed by atoms with Gasteiger partial charge in [-0.05, 0) is 43.6 Å². The largest absolute Gasteiger partial charge is 0.379 e. The summed E-state index contributed by atoms with van der Waals surface area (Å²) in [7, 11) is -3.51. The van der Waals surface area contributed by atoms with Crippen molar-refractivity contribution in [3.8, 4) is 0 Å². The second kappa shape index (κ2) is 9.21. The fourth-order valence-corrected chi connectivity index (χ4v) is 5.31. The van der Waals surface area contributed by atoms with E-state index in [0.717, 1.165) is 19.6 Å². The molecule has 1 aromatic heterocycles. The lowest BCUT2D eigenvalue weighted by Crippen LogP contribution is -2.40. The molecule has 4 rings (SSSR count). The highest BCUT2D eigenvalue weighted by Gasteiger charge is 2.27. The summed E-state index contributed by atoms with van der Waals surface area (Å²) in [5, 5.41) is 3.40. The van der Waals surface area contributed by atoms with Crippen LogP contribution in [0.4, 0.5) is 5.82 Å². The first-order chi connectivity index (χ1) is 14.1. The van der Waals surface area contributed by atoms with Gasteiger partial charge in [0.15, 0.2) is 0 Å². The van der Waals surface area contributed by atoms with Gasteiger partial charge in [-0.3, -0.25) is 4.90 Å². The lowest BCUT2D eigenvalue weighted by Gasteiger charge is -2.28. The van der Waals surface area contributed by atoms with Gasteiger partial charge in [0.2, 0.25) is 10.0 Å². The molecule has 156 valence electrons. The number of nitrogens with zero attached hydrogens (tertiary/aromatic N) is 3. The Bertz CT molecular complexity index is 878. The summed E-state index contributed by atoms with van der Waals surface area (Å²) in [6.45, 7) is 4.57. The summed E-state index contributed by atoms with van der Waals surface area (Å²) in [5.74, 6) is 0.686. The standard InChI is InChI=1S/C21H28N4O3S/c26-29(27,25-12-14-28-15-13-25)19-8-9-21(22-16-19)23-17-20(24-10-4-5-11-24)18-6-2-1-3-7-18/h1-3,6-9,16,20H,4-5,10-15,17H2,(H,22,23)/t20-/m0/s1. The molecule has 7 nitrogen and oxygen atoms in total. The molecule has 2 aliphatic heterocycles. The Morgan fingerprint density at radius 1 is 1.00 bits per heavy atom. The SMILES string of the molecule is O=S(=O)(c1ccc(NC[C@@H](c2ccccc2)N2CCCC2)nc1)N1CCOCC1. The Balaban J connectivity index is 1.43. The van der Waals surface area contributed by atoms with Crippen molar-refractivity contribution in [1.29, 1.82) is 0 Å². The summed E-state index contributed by atoms with van der Waals surface area (Å²) >= 11 is 0. The summed E-state index contributed by atoms with van der Waals surface area (Å²) in [4.78, 5) is 7.09. The van der Waals surface area contributed by atoms with Gasteiger partial charge in [0.25, 0.3) is 0 Å². The Kier molecular flexibility index (Phi) is 6.44. The van der Waals surface area contributed by atoms with Crippen molar-refractivity contribution in [1.82, 2.24) is 14.2 Å². The molecule has 0 spiro atoms. The zero-order valence-electron chi connectivity index (χ0n) is 16.5. The Hall–Kier alpha value is -2.00. The van der Waals surface area contributed by atoms with E-state index in [9.17, 15) is 8.42 Å². The van der Waals surface area contributed by atoms with Crippen LogP contribution in [0.15, 0.2) is 53.6 Å². The predicted molar refractivity (Wildman–Crippen MR) is 112 cm³/mol. The highest BCUT2D eigenvalue weighted by molar-refractivity contribution is 7.89. The van der Waals surface area contributed by atoms with Gasteiger partial charge in [0.1, 0.15) is 10.7 Å². The topological polar surface area (TPSA) is 74.8 Å². The molecule has 2 aliphatic rings. The number of rotatable bonds is 7. The molecule has 0 amide bonds. The van der Waals surface area contributed by atoms with Gasteiger partial charge in [-0.25, -0.2) is 13.4 Å². The van der Waals surface area contributed by atoms with Crippen molar-refractivity contribution < 1.29 is 13.2 Å². The number of aromatic nitrogens is 1. The first-order valence-electron chi connectivity index (χ1n) is 10.2. The number of sulfonamides is 1. The number of morpholine rings is 1. The number of anilines is 1. The van der Waals surface area contributed by atoms with Crippen LogP contribution < -0.4 is 5.32 Å². The van der Waals surface area contributed by atoms with Crippen molar-refractivity contribution in [2.24, 2.45) is 0 Å². The number of hydrogen-bond acceptors (Lipinski definition) is 6. The van der Waals surface area contributed by atoms with E-state index < -0.39 is 10.0 Å². The van der Waals surface area contributed by atoms with Gasteiger partial charge in [-0.1, -0.05) is 30.3 Å². The number of nitrogens with one attached hydrogen (secondary N) is 1. The first kappa shape index (κ1) is 20.3. The minimum Gasteiger partial charge on any atom is -0.379 e. The van der Waals surface area contributed by atoms with E-state index in [1.165, 1.54) is 28.9 Å². The van der Waals surface area contributed by atoms with E-state index in [4.69, 9.17) is 4.74 Å². The first-order valence-corrected chi connectivity index (χ1v) is 11.7. The van der Waals surface area contributed by atoms with Crippen LogP contribution in [-0.2, 0) is 14.8 Å². The molecule has 0 aliphatic carbocycles. The summed E-state index contributed by atoms with van der Waals surface area (Å²) in [5.41, 5.74) is 1.29. The maximum absolute atomic E-state index is 12.7. The molecule has 8 heteroatoms. The number of benzene rings is 1. The van der Waals surface area contributed by atoms with Gasteiger partial charge < -0.3 is 10.1 Å². The number of ether oxygens (including phenoxy) is 1. The Morgan fingerprint density at radius 3 is 2.38 bits per heavy atom. The molecule has 0 unspecified atom stereocenters. The molecule has 0 radical (unpaired) electrons. The van der Waals surface area contributed by atoms with E-state index in [1.54, 1.807) is 12.1 Å². The van der Waals surface area contributed by atoms with Crippen LogP contribution in [0.3, 0.4) is 0 Å². The normalized spacial score (nSPS) is 19.9. The lowest BCUT2D eigenvalue weighted by molar-refractivity contribution is 0.0730. The third kappa shape index (κ3) is 4.78. The van der Waals surface area contributed by atoms with Gasteiger partial charge >= 0.3 is 0 Å². The van der Waals surface area contributed by atoms with Gasteiger partial charge in [0, 0.05) is 25.8 Å². The van der Waals surface area contributed by atoms with Crippen LogP contribution in [0.2, 0.25) is 0 Å². The Labute approximate surface area is 172 Å². The lowest BCUT2D eigenvalue weighted by atomic mass is 10.1. The van der Waals surface area contributed by atoms with E-state index in [1.807, 2.05) is 6.07 Å². The monoisotopic (exact) mass is 416 g/mol. The maximum atomic E-state index is 12.7. The van der Waals surface area contributed by atoms with E-state index in [0.29, 0.717) is 32.1 Å². The molecule has 2 saturated heterocycles. The van der Waals surface area contributed by atoms with E-state index in [-0.39, 0.29) is 10.9 Å². The zero-order chi connectivity index (χ0) is 20.1. The van der Waals surface area contributed by atoms with Gasteiger partial charge in [-0.15, -0.1) is 0 Å². The molecule has 2 fully saturated rings. The minimum absolute atomic E-state index is 0.226. The molecule has 1 atom stereocenters. The second-order valence-corrected chi connectivity index (χ2v) is 9.38. The van der Waals surface area contributed by atoms with Gasteiger partial charge in [-0.2, -0.15) is 4.31 Å². The van der Waals surface area contributed by atoms with Crippen LogP contribution in [0.5, 0.6) is 0 Å². The van der Waals surface area contributed by atoms with Gasteiger partial charge in [0.05, 0.1) is 19.3 Å². The van der Waals surface area contributed by atoms with E-state index >= 15 is 0 Å². The van der Waals surface area contributed by atoms with Crippen molar-refractivity contribution in [3.05, 3.63) is 54.2 Å². The van der Waals surface area contributed by atoms with Crippen molar-refractivity contribution in [3.63, 3.8) is 0 Å². The fourth-order valence-electron chi connectivity index (χ4n) is 3.96. The summed E-state index contributed by atoms with van der Waals surface area (Å²) in [6.07, 6.45) is 3.91. The predicted octanol–water partition coefficient (Wildman–Crippen LogP) is 2.35. The molecule has 2 aromatic rings. The second-order valence-electron chi connectivity index (χ2n) is 7.45. The zero-order valence-corrected chi connectivity index (χ0v) is 17.4. The van der Waals surface area contributed by atoms with Crippen LogP contribution >= 0.6 is 0 Å². The fraction of sp³-hybridized carbons (Fsp3) is 0.476. The quantitative estimate of drug-likeness (QED) is 0.747. The smallest absolute Gasteiger partial charge is 0.244 e. The van der Waals surface area contributed by atoms with Crippen LogP contribution in [0, 0.1) is 0 Å². The Morgan fingerprint density at radius 2 is 1.72 bits per heavy atom. The molecular weight excluding hydrogens is 388 g/mol.